The van der Waals surface area contributed by atoms with Gasteiger partial charge in [0.2, 0.25) is 0 Å². The Morgan fingerprint density at radius 2 is 0.857 bits per heavy atom. The van der Waals surface area contributed by atoms with Crippen molar-refractivity contribution in [2.75, 3.05) is 0 Å². The minimum absolute atomic E-state index is 0.0494. The second kappa shape index (κ2) is 40.8. The maximum atomic E-state index is 12.6. The lowest BCUT2D eigenvalue weighted by Crippen LogP contribution is -2.16. The number of carbonyl (C=O) groups is 2. The van der Waals surface area contributed by atoms with Gasteiger partial charge in [-0.2, -0.15) is 0 Å². The van der Waals surface area contributed by atoms with Gasteiger partial charge < -0.3 is 9.84 Å². The normalized spacial score (nSPS) is 12.4. The molecule has 0 aromatic carbocycles. The summed E-state index contributed by atoms with van der Waals surface area (Å²) in [5.74, 6) is -0.750. The van der Waals surface area contributed by atoms with E-state index in [1.807, 2.05) is 0 Å². The summed E-state index contributed by atoms with van der Waals surface area (Å²) in [7, 11) is 0. The van der Waals surface area contributed by atoms with E-state index >= 15 is 0 Å². The zero-order chi connectivity index (χ0) is 35.7. The van der Waals surface area contributed by atoms with Crippen LogP contribution in [0.2, 0.25) is 0 Å². The Bertz CT molecular complexity index is 742. The van der Waals surface area contributed by atoms with Crippen molar-refractivity contribution in [3.05, 3.63) is 24.3 Å². The second-order valence-electron chi connectivity index (χ2n) is 14.9. The Hall–Kier alpha value is -1.58. The van der Waals surface area contributed by atoms with Crippen molar-refractivity contribution in [3.8, 4) is 0 Å². The first-order valence-corrected chi connectivity index (χ1v) is 21.8. The molecule has 0 aliphatic rings. The Balaban J connectivity index is 3.85. The summed E-state index contributed by atoms with van der Waals surface area (Å²) in [6.07, 6.45) is 52.4. The molecule has 0 aliphatic heterocycles. The van der Waals surface area contributed by atoms with E-state index in [9.17, 15) is 9.59 Å². The Morgan fingerprint density at radius 1 is 0.469 bits per heavy atom. The highest BCUT2D eigenvalue weighted by molar-refractivity contribution is 5.69. The highest BCUT2D eigenvalue weighted by atomic mass is 16.5. The molecule has 4 heteroatoms. The molecule has 0 spiro atoms. The number of carboxylic acid groups (broad SMARTS) is 1. The maximum Gasteiger partial charge on any atom is 0.306 e. The van der Waals surface area contributed by atoms with Gasteiger partial charge in [-0.1, -0.05) is 205 Å². The van der Waals surface area contributed by atoms with Crippen LogP contribution in [0.15, 0.2) is 24.3 Å². The van der Waals surface area contributed by atoms with Crippen molar-refractivity contribution >= 4 is 11.9 Å². The zero-order valence-electron chi connectivity index (χ0n) is 33.0. The number of carboxylic acids is 1. The number of hydrogen-bond acceptors (Lipinski definition) is 3. The molecule has 0 aliphatic carbocycles. The van der Waals surface area contributed by atoms with Crippen molar-refractivity contribution in [1.82, 2.24) is 0 Å². The lowest BCUT2D eigenvalue weighted by Gasteiger charge is -2.14. The molecule has 0 saturated carbocycles. The summed E-state index contributed by atoms with van der Waals surface area (Å²) in [5.41, 5.74) is 0. The molecule has 288 valence electrons. The highest BCUT2D eigenvalue weighted by Crippen LogP contribution is 2.17. The van der Waals surface area contributed by atoms with E-state index in [0.717, 1.165) is 70.6 Å². The minimum Gasteiger partial charge on any atom is -0.481 e. The molecule has 0 aromatic heterocycles. The quantitative estimate of drug-likeness (QED) is 0.0395. The number of hydrogen-bond donors (Lipinski definition) is 1. The van der Waals surface area contributed by atoms with Crippen LogP contribution in [0.3, 0.4) is 0 Å². The number of unbranched alkanes of at least 4 members (excludes halogenated alkanes) is 29. The number of rotatable bonds is 40. The first-order valence-electron chi connectivity index (χ1n) is 21.8. The number of carbonyl (C=O) groups excluding carboxylic acids is 1. The van der Waals surface area contributed by atoms with Crippen molar-refractivity contribution in [2.24, 2.45) is 0 Å². The molecule has 0 aromatic rings. The van der Waals surface area contributed by atoms with Crippen LogP contribution in [-0.2, 0) is 14.3 Å². The van der Waals surface area contributed by atoms with E-state index in [1.54, 1.807) is 0 Å². The molecule has 1 atom stereocenters. The van der Waals surface area contributed by atoms with Gasteiger partial charge in [0, 0.05) is 12.8 Å². The third kappa shape index (κ3) is 40.7. The third-order valence-electron chi connectivity index (χ3n) is 9.91. The molecular weight excluding hydrogens is 604 g/mol. The van der Waals surface area contributed by atoms with Crippen molar-refractivity contribution in [3.63, 3.8) is 0 Å². The van der Waals surface area contributed by atoms with Crippen LogP contribution in [0.25, 0.3) is 0 Å². The fourth-order valence-electron chi connectivity index (χ4n) is 6.66. The molecule has 4 nitrogen and oxygen atoms in total. The average molecular weight is 689 g/mol. The highest BCUT2D eigenvalue weighted by Gasteiger charge is 2.11. The summed E-state index contributed by atoms with van der Waals surface area (Å²) in [6, 6.07) is 0. The van der Waals surface area contributed by atoms with Gasteiger partial charge in [-0.25, -0.2) is 0 Å². The maximum absolute atomic E-state index is 12.6. The van der Waals surface area contributed by atoms with Crippen molar-refractivity contribution < 1.29 is 19.4 Å². The second-order valence-corrected chi connectivity index (χ2v) is 14.9. The molecule has 0 radical (unpaired) electrons. The molecule has 1 N–H and O–H groups in total. The number of ether oxygens (including phenoxy) is 1. The lowest BCUT2D eigenvalue weighted by atomic mass is 10.0. The fraction of sp³-hybridized carbons (Fsp3) is 0.867. The van der Waals surface area contributed by atoms with E-state index in [-0.39, 0.29) is 18.5 Å². The van der Waals surface area contributed by atoms with Gasteiger partial charge in [0.15, 0.2) is 0 Å². The monoisotopic (exact) mass is 689 g/mol. The zero-order valence-corrected chi connectivity index (χ0v) is 33.0. The van der Waals surface area contributed by atoms with Crippen LogP contribution in [0.4, 0.5) is 0 Å². The Labute approximate surface area is 306 Å². The van der Waals surface area contributed by atoms with Gasteiger partial charge in [-0.3, -0.25) is 9.59 Å². The Kier molecular flexibility index (Phi) is 39.5. The van der Waals surface area contributed by atoms with E-state index in [1.165, 1.54) is 148 Å². The van der Waals surface area contributed by atoms with Crippen LogP contribution in [0, 0.1) is 0 Å². The number of aliphatic carboxylic acids is 1. The summed E-state index contributed by atoms with van der Waals surface area (Å²) in [4.78, 5) is 23.3. The molecular formula is C45H84O4. The fourth-order valence-corrected chi connectivity index (χ4v) is 6.66. The van der Waals surface area contributed by atoms with Crippen LogP contribution in [-0.4, -0.2) is 23.1 Å². The third-order valence-corrected chi connectivity index (χ3v) is 9.91. The molecule has 0 rings (SSSR count). The van der Waals surface area contributed by atoms with Crippen molar-refractivity contribution in [2.45, 2.75) is 251 Å². The van der Waals surface area contributed by atoms with Crippen LogP contribution in [0.5, 0.6) is 0 Å². The van der Waals surface area contributed by atoms with E-state index in [4.69, 9.17) is 9.84 Å². The molecule has 49 heavy (non-hydrogen) atoms. The molecule has 0 amide bonds. The summed E-state index contributed by atoms with van der Waals surface area (Å²) < 4.78 is 5.91. The Morgan fingerprint density at radius 3 is 1.31 bits per heavy atom. The van der Waals surface area contributed by atoms with E-state index < -0.39 is 5.97 Å². The number of esters is 1. The van der Waals surface area contributed by atoms with E-state index in [2.05, 4.69) is 38.2 Å². The van der Waals surface area contributed by atoms with Gasteiger partial charge >= 0.3 is 11.9 Å². The molecule has 0 fully saturated rings. The average Bonchev–Trinajstić information content (AvgIpc) is 3.09. The summed E-state index contributed by atoms with van der Waals surface area (Å²) >= 11 is 0. The van der Waals surface area contributed by atoms with Gasteiger partial charge in [0.25, 0.3) is 0 Å². The molecule has 0 saturated heterocycles. The summed E-state index contributed by atoms with van der Waals surface area (Å²) in [6.45, 7) is 4.53. The minimum atomic E-state index is -0.701. The van der Waals surface area contributed by atoms with Crippen LogP contribution >= 0.6 is 0 Å². The summed E-state index contributed by atoms with van der Waals surface area (Å²) in [5, 5.41) is 8.78. The standard InChI is InChI=1S/C45H84O4/c1-3-5-7-9-11-13-14-15-16-17-18-19-20-21-22-23-24-25-26-28-34-38-42-45(48)49-43(39-35-31-27-12-10-8-6-4-2)40-36-32-29-30-33-37-41-44(46)47/h12,27,35,39,43H,3-11,13-26,28-34,36-38,40-42H2,1-2H3,(H,46,47)/b27-12-,39-35-. The van der Waals surface area contributed by atoms with Gasteiger partial charge in [-0.15, -0.1) is 0 Å². The van der Waals surface area contributed by atoms with E-state index in [0.29, 0.717) is 6.42 Å². The molecule has 0 heterocycles. The van der Waals surface area contributed by atoms with Crippen LogP contribution in [0.1, 0.15) is 245 Å². The van der Waals surface area contributed by atoms with Gasteiger partial charge in [0.1, 0.15) is 6.10 Å². The molecule has 1 unspecified atom stereocenters. The lowest BCUT2D eigenvalue weighted by molar-refractivity contribution is -0.147. The predicted molar refractivity (Wildman–Crippen MR) is 213 cm³/mol. The van der Waals surface area contributed by atoms with Gasteiger partial charge in [-0.05, 0) is 51.0 Å². The largest absolute Gasteiger partial charge is 0.481 e. The predicted octanol–water partition coefficient (Wildman–Crippen LogP) is 15.2. The number of allylic oxidation sites excluding steroid dienone is 3. The van der Waals surface area contributed by atoms with Crippen LogP contribution < -0.4 is 0 Å². The SMILES string of the molecule is CCCCC/C=C\C/C=C\C(CCCCCCCCC(=O)O)OC(=O)CCCCCCCCCCCCCCCCCCCCCCCC. The topological polar surface area (TPSA) is 63.6 Å². The first kappa shape index (κ1) is 47.4. The molecule has 0 bridgehead atoms. The first-order chi connectivity index (χ1) is 24.1. The van der Waals surface area contributed by atoms with Crippen molar-refractivity contribution in [1.29, 1.82) is 0 Å². The smallest absolute Gasteiger partial charge is 0.306 e. The van der Waals surface area contributed by atoms with Gasteiger partial charge in [0.05, 0.1) is 0 Å².